The Morgan fingerprint density at radius 3 is 2.56 bits per heavy atom. The molecule has 0 aliphatic carbocycles. The lowest BCUT2D eigenvalue weighted by molar-refractivity contribution is 0.0691. The maximum absolute atomic E-state index is 11.1. The van der Waals surface area contributed by atoms with Crippen molar-refractivity contribution >= 4 is 52.7 Å². The summed E-state index contributed by atoms with van der Waals surface area (Å²) in [6.45, 7) is 0. The van der Waals surface area contributed by atoms with Gasteiger partial charge < -0.3 is 14.6 Å². The van der Waals surface area contributed by atoms with Crippen molar-refractivity contribution in [2.45, 2.75) is 0 Å². The van der Waals surface area contributed by atoms with E-state index in [2.05, 4.69) is 15.5 Å². The molecule has 2 N–H and O–H groups in total. The van der Waals surface area contributed by atoms with Gasteiger partial charge in [0.05, 0.1) is 26.1 Å². The van der Waals surface area contributed by atoms with Gasteiger partial charge >= 0.3 is 5.97 Å². The summed E-state index contributed by atoms with van der Waals surface area (Å²) in [5, 5.41) is 12.6. The fourth-order valence-electron chi connectivity index (χ4n) is 1.93. The number of carboxylic acids is 1. The molecule has 0 unspecified atom stereocenters. The lowest BCUT2D eigenvalue weighted by Gasteiger charge is -2.11. The number of ether oxygens (including phenoxy) is 2. The van der Waals surface area contributed by atoms with Gasteiger partial charge in [0.1, 0.15) is 10.0 Å². The minimum absolute atomic E-state index is 0.0267. The van der Waals surface area contributed by atoms with E-state index in [0.29, 0.717) is 17.1 Å². The molecule has 0 saturated carbocycles. The molecule has 0 radical (unpaired) electrons. The first kappa shape index (κ1) is 19.1. The second-order valence-electron chi connectivity index (χ2n) is 4.51. The summed E-state index contributed by atoms with van der Waals surface area (Å²) in [5.74, 6) is -0.334. The van der Waals surface area contributed by atoms with Crippen LogP contribution in [0.15, 0.2) is 23.3 Å². The molecule has 2 rings (SSSR count). The number of carbonyl (C=O) groups is 1. The van der Waals surface area contributed by atoms with Crippen molar-refractivity contribution in [3.63, 3.8) is 0 Å². The van der Waals surface area contributed by atoms with E-state index in [-0.39, 0.29) is 20.9 Å². The molecule has 132 valence electrons. The highest BCUT2D eigenvalue weighted by Gasteiger charge is 2.20. The van der Waals surface area contributed by atoms with Crippen LogP contribution in [0, 0.1) is 0 Å². The second-order valence-corrected chi connectivity index (χ2v) is 5.63. The van der Waals surface area contributed by atoms with Crippen LogP contribution < -0.4 is 14.9 Å². The van der Waals surface area contributed by atoms with Crippen LogP contribution in [0.25, 0.3) is 0 Å². The van der Waals surface area contributed by atoms with Crippen molar-refractivity contribution in [3.05, 3.63) is 44.7 Å². The lowest BCUT2D eigenvalue weighted by Crippen LogP contribution is -2.05. The maximum atomic E-state index is 11.1. The second kappa shape index (κ2) is 8.24. The number of nitrogens with zero attached hydrogens (tertiary/aromatic N) is 2. The number of carboxylic acid groups (broad SMARTS) is 1. The molecular formula is C15H12Cl3N3O4. The normalized spacial score (nSPS) is 10.8. The van der Waals surface area contributed by atoms with Crippen LogP contribution >= 0.6 is 34.8 Å². The number of anilines is 1. The zero-order valence-corrected chi connectivity index (χ0v) is 15.3. The van der Waals surface area contributed by atoms with Crippen LogP contribution in [0.4, 0.5) is 5.69 Å². The van der Waals surface area contributed by atoms with E-state index in [1.165, 1.54) is 20.4 Å². The number of hydrogen-bond donors (Lipinski definition) is 2. The van der Waals surface area contributed by atoms with Gasteiger partial charge in [0.25, 0.3) is 0 Å². The summed E-state index contributed by atoms with van der Waals surface area (Å²) in [4.78, 5) is 14.8. The monoisotopic (exact) mass is 403 g/mol. The molecular weight excluding hydrogens is 393 g/mol. The number of aromatic carboxylic acids is 1. The smallest absolute Gasteiger partial charge is 0.356 e. The van der Waals surface area contributed by atoms with E-state index < -0.39 is 11.7 Å². The zero-order chi connectivity index (χ0) is 18.6. The fraction of sp³-hybridized carbons (Fsp3) is 0.133. The summed E-state index contributed by atoms with van der Waals surface area (Å²) < 4.78 is 10.5. The molecule has 1 aromatic heterocycles. The Bertz CT molecular complexity index is 843. The number of nitrogens with one attached hydrogen (secondary N) is 1. The number of aromatic nitrogens is 1. The number of hydrazone groups is 1. The average Bonchev–Trinajstić information content (AvgIpc) is 2.60. The summed E-state index contributed by atoms with van der Waals surface area (Å²) in [5.41, 5.74) is 2.78. The molecule has 0 bridgehead atoms. The van der Waals surface area contributed by atoms with Crippen molar-refractivity contribution in [3.8, 4) is 11.5 Å². The third-order valence-electron chi connectivity index (χ3n) is 3.05. The van der Waals surface area contributed by atoms with Crippen molar-refractivity contribution in [1.29, 1.82) is 0 Å². The van der Waals surface area contributed by atoms with Crippen LogP contribution in [-0.2, 0) is 0 Å². The Balaban J connectivity index is 2.37. The molecule has 0 aliphatic rings. The lowest BCUT2D eigenvalue weighted by atomic mass is 10.2. The predicted molar refractivity (Wildman–Crippen MR) is 97.0 cm³/mol. The van der Waals surface area contributed by atoms with E-state index in [9.17, 15) is 4.79 Å². The van der Waals surface area contributed by atoms with Gasteiger partial charge in [0.15, 0.2) is 22.3 Å². The largest absolute Gasteiger partial charge is 0.493 e. The number of hydrogen-bond acceptors (Lipinski definition) is 6. The molecule has 1 aromatic carbocycles. The first-order valence-corrected chi connectivity index (χ1v) is 7.82. The van der Waals surface area contributed by atoms with E-state index in [1.54, 1.807) is 18.2 Å². The van der Waals surface area contributed by atoms with Gasteiger partial charge in [-0.25, -0.2) is 9.78 Å². The van der Waals surface area contributed by atoms with Crippen LogP contribution in [-0.4, -0.2) is 36.5 Å². The quantitative estimate of drug-likeness (QED) is 0.426. The van der Waals surface area contributed by atoms with Crippen LogP contribution in [0.1, 0.15) is 16.1 Å². The van der Waals surface area contributed by atoms with Gasteiger partial charge in [0.2, 0.25) is 0 Å². The Labute approximate surface area is 158 Å². The third-order valence-corrected chi connectivity index (χ3v) is 4.16. The van der Waals surface area contributed by atoms with Crippen LogP contribution in [0.5, 0.6) is 11.5 Å². The van der Waals surface area contributed by atoms with Gasteiger partial charge in [0, 0.05) is 5.56 Å². The predicted octanol–water partition coefficient (Wildman–Crippen LogP) is 4.20. The van der Waals surface area contributed by atoms with Gasteiger partial charge in [-0.15, -0.1) is 0 Å². The molecule has 0 fully saturated rings. The molecule has 10 heteroatoms. The first-order valence-electron chi connectivity index (χ1n) is 6.68. The number of para-hydroxylation sites is 1. The van der Waals surface area contributed by atoms with Crippen molar-refractivity contribution < 1.29 is 19.4 Å². The number of halogens is 3. The highest BCUT2D eigenvalue weighted by atomic mass is 35.5. The Morgan fingerprint density at radius 2 is 1.96 bits per heavy atom. The van der Waals surface area contributed by atoms with Crippen molar-refractivity contribution in [2.24, 2.45) is 5.10 Å². The fourth-order valence-corrected chi connectivity index (χ4v) is 2.60. The highest BCUT2D eigenvalue weighted by Crippen LogP contribution is 2.37. The molecule has 25 heavy (non-hydrogen) atoms. The molecule has 0 atom stereocenters. The summed E-state index contributed by atoms with van der Waals surface area (Å²) in [6.07, 6.45) is 1.43. The molecule has 0 saturated heterocycles. The van der Waals surface area contributed by atoms with E-state index in [1.807, 2.05) is 0 Å². The number of methoxy groups -OCH3 is 2. The Morgan fingerprint density at radius 1 is 1.24 bits per heavy atom. The molecule has 0 spiro atoms. The summed E-state index contributed by atoms with van der Waals surface area (Å²) in [6, 6.07) is 5.24. The highest BCUT2D eigenvalue weighted by molar-refractivity contribution is 6.46. The van der Waals surface area contributed by atoms with Gasteiger partial charge in [-0.2, -0.15) is 5.10 Å². The molecule has 0 amide bonds. The van der Waals surface area contributed by atoms with Gasteiger partial charge in [-0.3, -0.25) is 5.43 Å². The Hall–Kier alpha value is -2.22. The standard InChI is InChI=1S/C15H12Cl3N3O4/c1-24-8-5-3-4-7(13(8)25-2)6-19-21-11-9(16)12(15(22)23)20-14(18)10(11)17/h3-6H,1-2H3,(H,20,21)(H,22,23)/b19-6-. The van der Waals surface area contributed by atoms with Crippen LogP contribution in [0.2, 0.25) is 15.2 Å². The zero-order valence-electron chi connectivity index (χ0n) is 13.0. The summed E-state index contributed by atoms with van der Waals surface area (Å²) in [7, 11) is 3.01. The Kier molecular flexibility index (Phi) is 6.30. The van der Waals surface area contributed by atoms with Gasteiger partial charge in [-0.05, 0) is 12.1 Å². The molecule has 0 aliphatic heterocycles. The number of benzene rings is 1. The first-order chi connectivity index (χ1) is 11.9. The third kappa shape index (κ3) is 4.07. The minimum atomic E-state index is -1.34. The number of pyridine rings is 1. The van der Waals surface area contributed by atoms with Gasteiger partial charge in [-0.1, -0.05) is 40.9 Å². The molecule has 2 aromatic rings. The van der Waals surface area contributed by atoms with Crippen molar-refractivity contribution in [1.82, 2.24) is 4.98 Å². The summed E-state index contributed by atoms with van der Waals surface area (Å²) >= 11 is 17.8. The average molecular weight is 405 g/mol. The topological polar surface area (TPSA) is 93.0 Å². The van der Waals surface area contributed by atoms with E-state index >= 15 is 0 Å². The minimum Gasteiger partial charge on any atom is -0.493 e. The SMILES string of the molecule is COc1cccc(/C=N\Nc2c(Cl)c(Cl)nc(C(=O)O)c2Cl)c1OC. The van der Waals surface area contributed by atoms with E-state index in [0.717, 1.165) is 0 Å². The van der Waals surface area contributed by atoms with E-state index in [4.69, 9.17) is 49.4 Å². The molecule has 1 heterocycles. The number of rotatable bonds is 6. The maximum Gasteiger partial charge on any atom is 0.356 e. The van der Waals surface area contributed by atoms with Crippen LogP contribution in [0.3, 0.4) is 0 Å². The van der Waals surface area contributed by atoms with Crippen molar-refractivity contribution in [2.75, 3.05) is 19.6 Å². The molecule has 7 nitrogen and oxygen atoms in total.